The molecular formula is C23H44NOP. The van der Waals surface area contributed by atoms with E-state index in [1.807, 2.05) is 0 Å². The highest BCUT2D eigenvalue weighted by molar-refractivity contribution is 7.09. The lowest BCUT2D eigenvalue weighted by Crippen LogP contribution is -2.00. The van der Waals surface area contributed by atoms with Gasteiger partial charge in [0, 0.05) is 15.0 Å². The normalized spacial score (nSPS) is 14.8. The molecule has 3 unspecified atom stereocenters. The van der Waals surface area contributed by atoms with Gasteiger partial charge in [-0.2, -0.15) is 5.26 Å². The first-order chi connectivity index (χ1) is 12.4. The molecule has 3 heteroatoms. The van der Waals surface area contributed by atoms with Gasteiger partial charge in [-0.1, -0.05) is 78.2 Å². The maximum absolute atomic E-state index is 9.31. The quantitative estimate of drug-likeness (QED) is 0.155. The first kappa shape index (κ1) is 25.6. The molecule has 0 rings (SSSR count). The minimum atomic E-state index is 0.704. The van der Waals surface area contributed by atoms with E-state index >= 15 is 0 Å². The third-order valence-corrected chi connectivity index (χ3v) is 5.70. The number of rotatable bonds is 16. The van der Waals surface area contributed by atoms with E-state index in [1.54, 1.807) is 0 Å². The van der Waals surface area contributed by atoms with Crippen LogP contribution >= 0.6 is 9.47 Å². The number of nitrogens with zero attached hydrogens (tertiary/aromatic N) is 1. The second-order valence-electron chi connectivity index (χ2n) is 8.70. The van der Waals surface area contributed by atoms with Crippen LogP contribution in [-0.2, 0) is 4.52 Å². The Kier molecular flexibility index (Phi) is 16.5. The lowest BCUT2D eigenvalue weighted by Gasteiger charge is -2.15. The van der Waals surface area contributed by atoms with Crippen LogP contribution in [0.5, 0.6) is 0 Å². The highest BCUT2D eigenvalue weighted by Crippen LogP contribution is 2.23. The molecule has 0 saturated heterocycles. The maximum atomic E-state index is 9.31. The van der Waals surface area contributed by atoms with Crippen molar-refractivity contribution in [2.45, 2.75) is 105 Å². The molecule has 0 aromatic rings. The van der Waals surface area contributed by atoms with Gasteiger partial charge in [0.2, 0.25) is 0 Å². The molecule has 0 aromatic carbocycles. The van der Waals surface area contributed by atoms with Crippen LogP contribution in [0.3, 0.4) is 0 Å². The molecule has 0 aliphatic rings. The summed E-state index contributed by atoms with van der Waals surface area (Å²) in [4.78, 5) is 0. The fourth-order valence-electron chi connectivity index (χ4n) is 3.54. The van der Waals surface area contributed by atoms with Crippen LogP contribution in [0, 0.1) is 29.1 Å². The van der Waals surface area contributed by atoms with Crippen molar-refractivity contribution in [3.8, 4) is 6.07 Å². The smallest absolute Gasteiger partial charge is 0.0946 e. The summed E-state index contributed by atoms with van der Waals surface area (Å²) in [5.41, 5.74) is 2.25. The Morgan fingerprint density at radius 3 is 1.88 bits per heavy atom. The molecule has 3 atom stereocenters. The Morgan fingerprint density at radius 2 is 1.38 bits per heavy atom. The average molecular weight is 382 g/mol. The summed E-state index contributed by atoms with van der Waals surface area (Å²) in [7, 11) is 2.27. The molecule has 0 amide bonds. The summed E-state index contributed by atoms with van der Waals surface area (Å²) in [6.07, 6.45) is 13.6. The molecule has 0 heterocycles. The molecule has 0 aliphatic carbocycles. The largest absolute Gasteiger partial charge is 0.366 e. The highest BCUT2D eigenvalue weighted by atomic mass is 31.0. The van der Waals surface area contributed by atoms with Crippen LogP contribution in [0.2, 0.25) is 0 Å². The standard InChI is InChI=1S/C23H44NOP/c1-19(2)10-6-11-20(3)12-7-13-21(4)14-8-15-22(5)23(18-24)16-9-17-25-26/h19-21H,6-17,26H2,1-5H3/b23-22+. The Balaban J connectivity index is 3.87. The van der Waals surface area contributed by atoms with Gasteiger partial charge in [-0.15, -0.1) is 0 Å². The first-order valence-corrected chi connectivity index (χ1v) is 11.3. The summed E-state index contributed by atoms with van der Waals surface area (Å²) < 4.78 is 5.00. The zero-order chi connectivity index (χ0) is 19.8. The molecule has 0 spiro atoms. The van der Waals surface area contributed by atoms with Gasteiger partial charge in [0.1, 0.15) is 0 Å². The van der Waals surface area contributed by atoms with Crippen molar-refractivity contribution in [3.05, 3.63) is 11.1 Å². The molecule has 0 aromatic heterocycles. The summed E-state index contributed by atoms with van der Waals surface area (Å²) >= 11 is 0. The Hall–Kier alpha value is -0.380. The Labute approximate surface area is 166 Å². The van der Waals surface area contributed by atoms with Crippen molar-refractivity contribution in [3.63, 3.8) is 0 Å². The lowest BCUT2D eigenvalue weighted by molar-refractivity contribution is 0.363. The van der Waals surface area contributed by atoms with E-state index in [0.717, 1.165) is 42.6 Å². The summed E-state index contributed by atoms with van der Waals surface area (Å²) in [5, 5.41) is 9.31. The molecule has 2 nitrogen and oxygen atoms in total. The average Bonchev–Trinajstić information content (AvgIpc) is 2.58. The van der Waals surface area contributed by atoms with Crippen molar-refractivity contribution < 1.29 is 4.52 Å². The third kappa shape index (κ3) is 14.8. The van der Waals surface area contributed by atoms with Crippen molar-refractivity contribution in [1.29, 1.82) is 5.26 Å². The third-order valence-electron chi connectivity index (χ3n) is 5.46. The molecule has 26 heavy (non-hydrogen) atoms. The SMILES string of the molecule is C/C(CCCC(C)CCCC(C)CCCC(C)C)=C(\C#N)CCCOP. The second kappa shape index (κ2) is 16.8. The van der Waals surface area contributed by atoms with Gasteiger partial charge < -0.3 is 4.52 Å². The van der Waals surface area contributed by atoms with Crippen LogP contribution in [0.1, 0.15) is 105 Å². The number of hydrogen-bond donors (Lipinski definition) is 0. The van der Waals surface area contributed by atoms with Crippen LogP contribution in [0.25, 0.3) is 0 Å². The second-order valence-corrected chi connectivity index (χ2v) is 9.04. The van der Waals surface area contributed by atoms with Gasteiger partial charge in [-0.05, 0) is 50.4 Å². The van der Waals surface area contributed by atoms with E-state index in [1.165, 1.54) is 56.9 Å². The monoisotopic (exact) mass is 381 g/mol. The minimum absolute atomic E-state index is 0.704. The fraction of sp³-hybridized carbons (Fsp3) is 0.870. The van der Waals surface area contributed by atoms with Crippen LogP contribution in [-0.4, -0.2) is 6.61 Å². The van der Waals surface area contributed by atoms with Gasteiger partial charge in [0.15, 0.2) is 0 Å². The van der Waals surface area contributed by atoms with Gasteiger partial charge in [0.25, 0.3) is 0 Å². The molecule has 0 radical (unpaired) electrons. The zero-order valence-corrected chi connectivity index (χ0v) is 19.3. The number of nitriles is 1. The van der Waals surface area contributed by atoms with Gasteiger partial charge >= 0.3 is 0 Å². The topological polar surface area (TPSA) is 33.0 Å². The predicted molar refractivity (Wildman–Crippen MR) is 118 cm³/mol. The van der Waals surface area contributed by atoms with Crippen LogP contribution in [0.15, 0.2) is 11.1 Å². The van der Waals surface area contributed by atoms with E-state index in [-0.39, 0.29) is 0 Å². The highest BCUT2D eigenvalue weighted by Gasteiger charge is 2.08. The fourth-order valence-corrected chi connectivity index (χ4v) is 3.71. The predicted octanol–water partition coefficient (Wildman–Crippen LogP) is 7.85. The van der Waals surface area contributed by atoms with E-state index in [2.05, 4.69) is 50.2 Å². The van der Waals surface area contributed by atoms with Crippen molar-refractivity contribution in [2.75, 3.05) is 6.61 Å². The molecule has 152 valence electrons. The number of hydrogen-bond acceptors (Lipinski definition) is 2. The summed E-state index contributed by atoms with van der Waals surface area (Å²) in [5.74, 6) is 2.54. The van der Waals surface area contributed by atoms with Crippen molar-refractivity contribution >= 4 is 9.47 Å². The van der Waals surface area contributed by atoms with Crippen molar-refractivity contribution in [1.82, 2.24) is 0 Å². The minimum Gasteiger partial charge on any atom is -0.366 e. The Bertz CT molecular complexity index is 411. The van der Waals surface area contributed by atoms with E-state index in [4.69, 9.17) is 4.52 Å². The molecule has 0 aliphatic heterocycles. The van der Waals surface area contributed by atoms with Gasteiger partial charge in [-0.3, -0.25) is 0 Å². The zero-order valence-electron chi connectivity index (χ0n) is 18.2. The van der Waals surface area contributed by atoms with Crippen molar-refractivity contribution in [2.24, 2.45) is 17.8 Å². The molecule has 0 N–H and O–H groups in total. The number of allylic oxidation sites excluding steroid dienone is 2. The van der Waals surface area contributed by atoms with E-state index in [0.29, 0.717) is 6.61 Å². The molecule has 0 saturated carbocycles. The lowest BCUT2D eigenvalue weighted by atomic mass is 9.91. The molecular weight excluding hydrogens is 337 g/mol. The first-order valence-electron chi connectivity index (χ1n) is 10.8. The van der Waals surface area contributed by atoms with Crippen LogP contribution < -0.4 is 0 Å². The van der Waals surface area contributed by atoms with Gasteiger partial charge in [0.05, 0.1) is 12.7 Å². The van der Waals surface area contributed by atoms with Crippen LogP contribution in [0.4, 0.5) is 0 Å². The summed E-state index contributed by atoms with van der Waals surface area (Å²) in [6.45, 7) is 12.3. The van der Waals surface area contributed by atoms with E-state index < -0.39 is 0 Å². The van der Waals surface area contributed by atoms with Gasteiger partial charge in [-0.25, -0.2) is 0 Å². The molecule has 0 fully saturated rings. The Morgan fingerprint density at radius 1 is 0.846 bits per heavy atom. The van der Waals surface area contributed by atoms with E-state index in [9.17, 15) is 5.26 Å². The molecule has 0 bridgehead atoms. The maximum Gasteiger partial charge on any atom is 0.0946 e. The summed E-state index contributed by atoms with van der Waals surface area (Å²) in [6, 6.07) is 2.39.